The van der Waals surface area contributed by atoms with Crippen LogP contribution < -0.4 is 10.6 Å². The molecule has 0 saturated heterocycles. The lowest BCUT2D eigenvalue weighted by molar-refractivity contribution is -0.137. The van der Waals surface area contributed by atoms with Crippen molar-refractivity contribution in [2.75, 3.05) is 26.7 Å². The van der Waals surface area contributed by atoms with Crippen molar-refractivity contribution in [3.05, 3.63) is 0 Å². The van der Waals surface area contributed by atoms with E-state index in [0.29, 0.717) is 19.5 Å². The molecule has 104 valence electrons. The molecule has 0 radical (unpaired) electrons. The fraction of sp³-hybridized carbons (Fsp3) is 0.727. The largest absolute Gasteiger partial charge is 0.481 e. The van der Waals surface area contributed by atoms with E-state index in [9.17, 15) is 14.4 Å². The first-order valence-corrected chi connectivity index (χ1v) is 5.94. The molecule has 0 aromatic rings. The van der Waals surface area contributed by atoms with E-state index in [2.05, 4.69) is 10.6 Å². The Bertz CT molecular complexity index is 294. The predicted octanol–water partition coefficient (Wildman–Crippen LogP) is 0.0188. The van der Waals surface area contributed by atoms with Gasteiger partial charge in [0.05, 0.1) is 6.54 Å². The minimum Gasteiger partial charge on any atom is -0.481 e. The lowest BCUT2D eigenvalue weighted by Gasteiger charge is -2.17. The van der Waals surface area contributed by atoms with E-state index in [1.165, 1.54) is 4.90 Å². The summed E-state index contributed by atoms with van der Waals surface area (Å²) in [7, 11) is 1.56. The van der Waals surface area contributed by atoms with E-state index < -0.39 is 5.97 Å². The fourth-order valence-electron chi connectivity index (χ4n) is 1.19. The zero-order valence-corrected chi connectivity index (χ0v) is 10.9. The Morgan fingerprint density at radius 2 is 1.89 bits per heavy atom. The molecule has 0 unspecified atom stereocenters. The molecule has 3 N–H and O–H groups in total. The van der Waals surface area contributed by atoms with Gasteiger partial charge < -0.3 is 20.6 Å². The van der Waals surface area contributed by atoms with E-state index in [-0.39, 0.29) is 24.9 Å². The molecule has 0 aliphatic rings. The number of hydrogen-bond acceptors (Lipinski definition) is 3. The number of carboxylic acid groups (broad SMARTS) is 1. The summed E-state index contributed by atoms with van der Waals surface area (Å²) in [4.78, 5) is 34.3. The van der Waals surface area contributed by atoms with Gasteiger partial charge >= 0.3 is 12.0 Å². The number of carbonyl (C=O) groups excluding carboxylic acids is 2. The van der Waals surface area contributed by atoms with Crippen molar-refractivity contribution in [3.63, 3.8) is 0 Å². The van der Waals surface area contributed by atoms with E-state index >= 15 is 0 Å². The normalized spacial score (nSPS) is 9.67. The van der Waals surface area contributed by atoms with E-state index in [4.69, 9.17) is 5.11 Å². The molecular formula is C11H21N3O4. The van der Waals surface area contributed by atoms with Gasteiger partial charge in [-0.2, -0.15) is 0 Å². The predicted molar refractivity (Wildman–Crippen MR) is 66.2 cm³/mol. The number of carbonyl (C=O) groups is 3. The van der Waals surface area contributed by atoms with Crippen molar-refractivity contribution in [1.29, 1.82) is 0 Å². The van der Waals surface area contributed by atoms with Crippen molar-refractivity contribution in [2.24, 2.45) is 0 Å². The van der Waals surface area contributed by atoms with E-state index in [1.807, 2.05) is 6.92 Å². The summed E-state index contributed by atoms with van der Waals surface area (Å²) in [6, 6.07) is -0.382. The maximum Gasteiger partial charge on any atom is 0.317 e. The van der Waals surface area contributed by atoms with Crippen molar-refractivity contribution in [2.45, 2.75) is 26.2 Å². The monoisotopic (exact) mass is 259 g/mol. The molecule has 0 aromatic heterocycles. The summed E-state index contributed by atoms with van der Waals surface area (Å²) in [5.41, 5.74) is 0. The van der Waals surface area contributed by atoms with Gasteiger partial charge in [0.1, 0.15) is 0 Å². The third kappa shape index (κ3) is 8.37. The van der Waals surface area contributed by atoms with Gasteiger partial charge in [-0.25, -0.2) is 4.79 Å². The minimum absolute atomic E-state index is 0.0224. The smallest absolute Gasteiger partial charge is 0.317 e. The summed E-state index contributed by atoms with van der Waals surface area (Å²) in [5, 5.41) is 13.5. The molecule has 0 fully saturated rings. The molecule has 0 saturated carbocycles. The van der Waals surface area contributed by atoms with Crippen LogP contribution in [0.25, 0.3) is 0 Å². The molecule has 0 aliphatic carbocycles. The second kappa shape index (κ2) is 9.26. The first kappa shape index (κ1) is 16.2. The van der Waals surface area contributed by atoms with Gasteiger partial charge in [-0.05, 0) is 12.8 Å². The Morgan fingerprint density at radius 1 is 1.22 bits per heavy atom. The van der Waals surface area contributed by atoms with Crippen LogP contribution in [0.1, 0.15) is 26.2 Å². The highest BCUT2D eigenvalue weighted by Crippen LogP contribution is 1.93. The molecule has 7 heteroatoms. The van der Waals surface area contributed by atoms with Gasteiger partial charge in [-0.1, -0.05) is 6.92 Å². The summed E-state index contributed by atoms with van der Waals surface area (Å²) in [6.45, 7) is 2.80. The van der Waals surface area contributed by atoms with Crippen LogP contribution in [-0.2, 0) is 9.59 Å². The summed E-state index contributed by atoms with van der Waals surface area (Å²) >= 11 is 0. The number of hydrogen-bond donors (Lipinski definition) is 3. The lowest BCUT2D eigenvalue weighted by Crippen LogP contribution is -2.43. The molecule has 0 aromatic carbocycles. The van der Waals surface area contributed by atoms with E-state index in [1.54, 1.807) is 7.05 Å². The van der Waals surface area contributed by atoms with Gasteiger partial charge in [-0.3, -0.25) is 9.59 Å². The average molecular weight is 259 g/mol. The second-order valence-corrected chi connectivity index (χ2v) is 3.93. The quantitative estimate of drug-likeness (QED) is 0.572. The third-order valence-electron chi connectivity index (χ3n) is 2.20. The summed E-state index contributed by atoms with van der Waals surface area (Å²) in [5.74, 6) is -1.12. The number of rotatable bonds is 8. The van der Waals surface area contributed by atoms with Crippen LogP contribution in [0.3, 0.4) is 0 Å². The average Bonchev–Trinajstić information content (AvgIpc) is 2.32. The Labute approximate surface area is 107 Å². The van der Waals surface area contributed by atoms with Crippen molar-refractivity contribution in [1.82, 2.24) is 15.5 Å². The Balaban J connectivity index is 3.73. The first-order chi connectivity index (χ1) is 8.47. The zero-order chi connectivity index (χ0) is 14.0. The molecule has 0 atom stereocenters. The molecule has 0 bridgehead atoms. The standard InChI is InChI=1S/C11H21N3O4/c1-3-6-12-9(15)8-13-11(18)14(2)7-4-5-10(16)17/h3-8H2,1-2H3,(H,12,15)(H,13,18)(H,16,17). The van der Waals surface area contributed by atoms with Gasteiger partial charge in [0.25, 0.3) is 0 Å². The van der Waals surface area contributed by atoms with Crippen molar-refractivity contribution >= 4 is 17.9 Å². The Hall–Kier alpha value is -1.79. The van der Waals surface area contributed by atoms with Crippen LogP contribution in [0.15, 0.2) is 0 Å². The number of urea groups is 1. The number of nitrogens with one attached hydrogen (secondary N) is 2. The molecule has 0 heterocycles. The molecule has 3 amide bonds. The number of carboxylic acids is 1. The van der Waals surface area contributed by atoms with Gasteiger partial charge in [0.15, 0.2) is 0 Å². The first-order valence-electron chi connectivity index (χ1n) is 5.94. The maximum atomic E-state index is 11.5. The molecule has 0 spiro atoms. The minimum atomic E-state index is -0.886. The van der Waals surface area contributed by atoms with Gasteiger partial charge in [0.2, 0.25) is 5.91 Å². The number of amides is 3. The highest BCUT2D eigenvalue weighted by Gasteiger charge is 2.10. The number of aliphatic carboxylic acids is 1. The highest BCUT2D eigenvalue weighted by atomic mass is 16.4. The van der Waals surface area contributed by atoms with Crippen LogP contribution >= 0.6 is 0 Å². The fourth-order valence-corrected chi connectivity index (χ4v) is 1.19. The summed E-state index contributed by atoms with van der Waals surface area (Å²) < 4.78 is 0. The maximum absolute atomic E-state index is 11.5. The van der Waals surface area contributed by atoms with E-state index in [0.717, 1.165) is 6.42 Å². The SMILES string of the molecule is CCCNC(=O)CNC(=O)N(C)CCCC(=O)O. The van der Waals surface area contributed by atoms with Crippen LogP contribution in [0, 0.1) is 0 Å². The topological polar surface area (TPSA) is 98.7 Å². The van der Waals surface area contributed by atoms with Gasteiger partial charge in [-0.15, -0.1) is 0 Å². The third-order valence-corrected chi connectivity index (χ3v) is 2.20. The van der Waals surface area contributed by atoms with Crippen LogP contribution in [-0.4, -0.2) is 54.6 Å². The molecule has 0 aliphatic heterocycles. The number of nitrogens with zero attached hydrogens (tertiary/aromatic N) is 1. The highest BCUT2D eigenvalue weighted by molar-refractivity contribution is 5.83. The zero-order valence-electron chi connectivity index (χ0n) is 10.9. The molecule has 7 nitrogen and oxygen atoms in total. The molecule has 18 heavy (non-hydrogen) atoms. The second-order valence-electron chi connectivity index (χ2n) is 3.93. The van der Waals surface area contributed by atoms with Crippen molar-refractivity contribution in [3.8, 4) is 0 Å². The summed E-state index contributed by atoms with van der Waals surface area (Å²) in [6.07, 6.45) is 1.25. The van der Waals surface area contributed by atoms with Crippen LogP contribution in [0.5, 0.6) is 0 Å². The van der Waals surface area contributed by atoms with Crippen molar-refractivity contribution < 1.29 is 19.5 Å². The molecular weight excluding hydrogens is 238 g/mol. The van der Waals surface area contributed by atoms with Gasteiger partial charge in [0, 0.05) is 26.6 Å². The molecule has 0 rings (SSSR count). The Kier molecular flexibility index (Phi) is 8.34. The van der Waals surface area contributed by atoms with Crippen LogP contribution in [0.2, 0.25) is 0 Å². The lowest BCUT2D eigenvalue weighted by atomic mass is 10.3. The van der Waals surface area contributed by atoms with Crippen LogP contribution in [0.4, 0.5) is 4.79 Å². The Morgan fingerprint density at radius 3 is 2.44 bits per heavy atom.